The summed E-state index contributed by atoms with van der Waals surface area (Å²) in [5.74, 6) is 0.341. The van der Waals surface area contributed by atoms with Crippen LogP contribution in [0.1, 0.15) is 24.5 Å². The number of nitrogens with one attached hydrogen (secondary N) is 1. The Morgan fingerprint density at radius 1 is 1.21 bits per heavy atom. The highest BCUT2D eigenvalue weighted by Gasteiger charge is 2.10. The Morgan fingerprint density at radius 2 is 2.00 bits per heavy atom. The molecule has 2 aromatic rings. The Bertz CT molecular complexity index is 582. The van der Waals surface area contributed by atoms with Crippen molar-refractivity contribution in [1.29, 1.82) is 0 Å². The molecule has 0 fully saturated rings. The van der Waals surface area contributed by atoms with Crippen LogP contribution in [-0.4, -0.2) is 16.5 Å². The molecule has 0 radical (unpaired) electrons. The number of halogens is 1. The van der Waals surface area contributed by atoms with E-state index in [1.807, 2.05) is 13.8 Å². The minimum Gasteiger partial charge on any atom is -0.354 e. The zero-order valence-corrected chi connectivity index (χ0v) is 11.5. The number of aryl methyl sites for hydroxylation is 2. The lowest BCUT2D eigenvalue weighted by Crippen LogP contribution is -2.05. The third-order valence-electron chi connectivity index (χ3n) is 2.96. The van der Waals surface area contributed by atoms with Crippen molar-refractivity contribution in [2.24, 2.45) is 0 Å². The first-order valence-corrected chi connectivity index (χ1v) is 6.46. The van der Waals surface area contributed by atoms with Crippen LogP contribution in [-0.2, 0) is 0 Å². The van der Waals surface area contributed by atoms with E-state index in [0.29, 0.717) is 5.95 Å². The molecule has 1 heterocycles. The van der Waals surface area contributed by atoms with Gasteiger partial charge in [0, 0.05) is 18.3 Å². The molecule has 3 nitrogen and oxygen atoms in total. The zero-order chi connectivity index (χ0) is 13.8. The van der Waals surface area contributed by atoms with Gasteiger partial charge in [0.15, 0.2) is 0 Å². The van der Waals surface area contributed by atoms with Crippen molar-refractivity contribution in [3.8, 4) is 11.3 Å². The van der Waals surface area contributed by atoms with Gasteiger partial charge >= 0.3 is 0 Å². The Kier molecular flexibility index (Phi) is 4.10. The van der Waals surface area contributed by atoms with E-state index in [9.17, 15) is 4.39 Å². The first-order chi connectivity index (χ1) is 9.11. The molecular formula is C15H18FN3. The molecule has 4 heteroatoms. The Morgan fingerprint density at radius 3 is 2.74 bits per heavy atom. The standard InChI is InChI=1S/C15H18FN3/c1-4-7-17-15-18-9-11(3)14(19-15)13-8-12(16)6-5-10(13)2/h5-6,8-9H,4,7H2,1-3H3,(H,17,18,19). The lowest BCUT2D eigenvalue weighted by atomic mass is 10.0. The summed E-state index contributed by atoms with van der Waals surface area (Å²) in [6.45, 7) is 6.79. The molecule has 0 aliphatic carbocycles. The quantitative estimate of drug-likeness (QED) is 0.909. The number of hydrogen-bond acceptors (Lipinski definition) is 3. The first-order valence-electron chi connectivity index (χ1n) is 6.46. The molecule has 0 aliphatic heterocycles. The second kappa shape index (κ2) is 5.78. The molecule has 0 atom stereocenters. The predicted octanol–water partition coefficient (Wildman–Crippen LogP) is 3.72. The largest absolute Gasteiger partial charge is 0.354 e. The molecule has 1 aromatic heterocycles. The summed E-state index contributed by atoms with van der Waals surface area (Å²) in [6.07, 6.45) is 2.77. The van der Waals surface area contributed by atoms with Crippen LogP contribution < -0.4 is 5.32 Å². The minimum absolute atomic E-state index is 0.248. The van der Waals surface area contributed by atoms with E-state index in [-0.39, 0.29) is 5.82 Å². The highest BCUT2D eigenvalue weighted by Crippen LogP contribution is 2.25. The van der Waals surface area contributed by atoms with Crippen molar-refractivity contribution < 1.29 is 4.39 Å². The fourth-order valence-corrected chi connectivity index (χ4v) is 1.89. The monoisotopic (exact) mass is 259 g/mol. The Balaban J connectivity index is 2.45. The van der Waals surface area contributed by atoms with Gasteiger partial charge in [-0.15, -0.1) is 0 Å². The molecule has 0 bridgehead atoms. The van der Waals surface area contributed by atoms with Crippen LogP contribution in [0.5, 0.6) is 0 Å². The Hall–Kier alpha value is -1.97. The normalized spacial score (nSPS) is 10.5. The van der Waals surface area contributed by atoms with E-state index in [0.717, 1.165) is 35.3 Å². The van der Waals surface area contributed by atoms with E-state index in [4.69, 9.17) is 0 Å². The molecule has 0 saturated carbocycles. The van der Waals surface area contributed by atoms with Crippen LogP contribution in [0, 0.1) is 19.7 Å². The van der Waals surface area contributed by atoms with Crippen molar-refractivity contribution in [3.05, 3.63) is 41.3 Å². The van der Waals surface area contributed by atoms with E-state index < -0.39 is 0 Å². The maximum Gasteiger partial charge on any atom is 0.223 e. The van der Waals surface area contributed by atoms with Gasteiger partial charge in [-0.25, -0.2) is 14.4 Å². The number of nitrogens with zero attached hydrogens (tertiary/aromatic N) is 2. The maximum absolute atomic E-state index is 13.4. The molecule has 0 aliphatic rings. The van der Waals surface area contributed by atoms with Gasteiger partial charge in [-0.3, -0.25) is 0 Å². The molecule has 0 amide bonds. The molecule has 1 N–H and O–H groups in total. The third kappa shape index (κ3) is 3.08. The van der Waals surface area contributed by atoms with Gasteiger partial charge in [0.05, 0.1) is 5.69 Å². The summed E-state index contributed by atoms with van der Waals surface area (Å²) in [5, 5.41) is 3.15. The van der Waals surface area contributed by atoms with Crippen LogP contribution in [0.2, 0.25) is 0 Å². The lowest BCUT2D eigenvalue weighted by molar-refractivity contribution is 0.628. The average molecular weight is 259 g/mol. The molecule has 0 saturated heterocycles. The number of anilines is 1. The third-order valence-corrected chi connectivity index (χ3v) is 2.96. The lowest BCUT2D eigenvalue weighted by Gasteiger charge is -2.10. The van der Waals surface area contributed by atoms with Crippen LogP contribution >= 0.6 is 0 Å². The zero-order valence-electron chi connectivity index (χ0n) is 11.5. The smallest absolute Gasteiger partial charge is 0.223 e. The van der Waals surface area contributed by atoms with Gasteiger partial charge in [0.25, 0.3) is 0 Å². The summed E-state index contributed by atoms with van der Waals surface area (Å²) < 4.78 is 13.4. The SMILES string of the molecule is CCCNc1ncc(C)c(-c2cc(F)ccc2C)n1. The highest BCUT2D eigenvalue weighted by atomic mass is 19.1. The maximum atomic E-state index is 13.4. The van der Waals surface area contributed by atoms with Gasteiger partial charge in [-0.1, -0.05) is 13.0 Å². The fourth-order valence-electron chi connectivity index (χ4n) is 1.89. The molecule has 100 valence electrons. The second-order valence-electron chi connectivity index (χ2n) is 4.61. The van der Waals surface area contributed by atoms with Crippen molar-refractivity contribution >= 4 is 5.95 Å². The summed E-state index contributed by atoms with van der Waals surface area (Å²) in [5.41, 5.74) is 3.55. The van der Waals surface area contributed by atoms with Gasteiger partial charge in [-0.2, -0.15) is 0 Å². The van der Waals surface area contributed by atoms with Crippen LogP contribution in [0.4, 0.5) is 10.3 Å². The molecule has 19 heavy (non-hydrogen) atoms. The van der Waals surface area contributed by atoms with Crippen molar-refractivity contribution in [2.45, 2.75) is 27.2 Å². The topological polar surface area (TPSA) is 37.8 Å². The highest BCUT2D eigenvalue weighted by molar-refractivity contribution is 5.67. The van der Waals surface area contributed by atoms with E-state index >= 15 is 0 Å². The summed E-state index contributed by atoms with van der Waals surface area (Å²) >= 11 is 0. The van der Waals surface area contributed by atoms with Crippen molar-refractivity contribution in [2.75, 3.05) is 11.9 Å². The summed E-state index contributed by atoms with van der Waals surface area (Å²) in [7, 11) is 0. The van der Waals surface area contributed by atoms with Gasteiger partial charge in [-0.05, 0) is 43.5 Å². The van der Waals surface area contributed by atoms with Crippen molar-refractivity contribution in [3.63, 3.8) is 0 Å². The molecule has 0 unspecified atom stereocenters. The van der Waals surface area contributed by atoms with Crippen LogP contribution in [0.15, 0.2) is 24.4 Å². The molecular weight excluding hydrogens is 241 g/mol. The molecule has 2 rings (SSSR count). The number of benzene rings is 1. The van der Waals surface area contributed by atoms with E-state index in [2.05, 4.69) is 22.2 Å². The Labute approximate surface area is 112 Å². The summed E-state index contributed by atoms with van der Waals surface area (Å²) in [6, 6.07) is 4.76. The predicted molar refractivity (Wildman–Crippen MR) is 75.7 cm³/mol. The fraction of sp³-hybridized carbons (Fsp3) is 0.333. The van der Waals surface area contributed by atoms with Gasteiger partial charge in [0.1, 0.15) is 5.82 Å². The summed E-state index contributed by atoms with van der Waals surface area (Å²) in [4.78, 5) is 8.73. The molecule has 0 spiro atoms. The van der Waals surface area contributed by atoms with Crippen LogP contribution in [0.25, 0.3) is 11.3 Å². The van der Waals surface area contributed by atoms with E-state index in [1.165, 1.54) is 12.1 Å². The van der Waals surface area contributed by atoms with E-state index in [1.54, 1.807) is 12.3 Å². The minimum atomic E-state index is -0.248. The van der Waals surface area contributed by atoms with Crippen LogP contribution in [0.3, 0.4) is 0 Å². The number of hydrogen-bond donors (Lipinski definition) is 1. The average Bonchev–Trinajstić information content (AvgIpc) is 2.41. The van der Waals surface area contributed by atoms with Gasteiger partial charge < -0.3 is 5.32 Å². The second-order valence-corrected chi connectivity index (χ2v) is 4.61. The van der Waals surface area contributed by atoms with Crippen molar-refractivity contribution in [1.82, 2.24) is 9.97 Å². The van der Waals surface area contributed by atoms with Gasteiger partial charge in [0.2, 0.25) is 5.95 Å². The number of aromatic nitrogens is 2. The number of rotatable bonds is 4. The first kappa shape index (κ1) is 13.5. The molecule has 1 aromatic carbocycles.